The van der Waals surface area contributed by atoms with Crippen LogP contribution in [0.15, 0.2) is 65.0 Å². The number of nitrogens with one attached hydrogen (secondary N) is 1. The van der Waals surface area contributed by atoms with Gasteiger partial charge in [-0.25, -0.2) is 13.9 Å². The molecule has 1 unspecified atom stereocenters. The van der Waals surface area contributed by atoms with Crippen LogP contribution in [0.3, 0.4) is 0 Å². The fraction of sp³-hybridized carbons (Fsp3) is 0.346. The minimum Gasteiger partial charge on any atom is -0.491 e. The Morgan fingerprint density at radius 1 is 1.23 bits per heavy atom. The molecule has 3 aromatic rings. The number of hydrogen-bond donors (Lipinski definition) is 1. The first-order valence-corrected chi connectivity index (χ1v) is 12.6. The van der Waals surface area contributed by atoms with Crippen molar-refractivity contribution in [1.29, 1.82) is 0 Å². The molecule has 2 heterocycles. The number of hydrogen-bond acceptors (Lipinski definition) is 7. The minimum atomic E-state index is -0.554. The predicted octanol–water partition coefficient (Wildman–Crippen LogP) is 5.74. The second kappa shape index (κ2) is 10.9. The summed E-state index contributed by atoms with van der Waals surface area (Å²) in [5, 5.41) is 8.36. The molecule has 0 amide bonds. The van der Waals surface area contributed by atoms with Gasteiger partial charge in [0.15, 0.2) is 0 Å². The second-order valence-electron chi connectivity index (χ2n) is 8.48. The average Bonchev–Trinajstić information content (AvgIpc) is 3.23. The Labute approximate surface area is 208 Å². The maximum atomic E-state index is 14.1. The van der Waals surface area contributed by atoms with Crippen molar-refractivity contribution in [2.24, 2.45) is 0 Å². The summed E-state index contributed by atoms with van der Waals surface area (Å²) in [6.45, 7) is 8.03. The van der Waals surface area contributed by atoms with Crippen LogP contribution in [0.1, 0.15) is 51.3 Å². The largest absolute Gasteiger partial charge is 0.491 e. The summed E-state index contributed by atoms with van der Waals surface area (Å²) in [5.74, 6) is 0.923. The fourth-order valence-corrected chi connectivity index (χ4v) is 4.64. The predicted molar refractivity (Wildman–Crippen MR) is 134 cm³/mol. The number of rotatable bonds is 9. The lowest BCUT2D eigenvalue weighted by Gasteiger charge is -2.28. The summed E-state index contributed by atoms with van der Waals surface area (Å²) >= 11 is 1.33. The van der Waals surface area contributed by atoms with Crippen LogP contribution in [0, 0.1) is 5.82 Å². The summed E-state index contributed by atoms with van der Waals surface area (Å²) in [5.41, 5.74) is 2.51. The van der Waals surface area contributed by atoms with Crippen molar-refractivity contribution >= 4 is 23.7 Å². The highest BCUT2D eigenvalue weighted by Gasteiger charge is 2.35. The molecule has 0 aliphatic carbocycles. The van der Waals surface area contributed by atoms with Crippen LogP contribution in [-0.2, 0) is 15.3 Å². The van der Waals surface area contributed by atoms with E-state index >= 15 is 0 Å². The molecule has 35 heavy (non-hydrogen) atoms. The van der Waals surface area contributed by atoms with Crippen LogP contribution < -0.4 is 10.1 Å². The van der Waals surface area contributed by atoms with Gasteiger partial charge in [0.25, 0.3) is 0 Å². The average molecular weight is 497 g/mol. The lowest BCUT2D eigenvalue weighted by atomic mass is 9.95. The molecular formula is C26H29FN4O3S. The zero-order chi connectivity index (χ0) is 24.9. The van der Waals surface area contributed by atoms with Crippen molar-refractivity contribution in [3.8, 4) is 5.75 Å². The number of esters is 1. The summed E-state index contributed by atoms with van der Waals surface area (Å²) in [6.07, 6.45) is 0.729. The van der Waals surface area contributed by atoms with E-state index in [9.17, 15) is 9.18 Å². The van der Waals surface area contributed by atoms with Gasteiger partial charge < -0.3 is 14.8 Å². The third kappa shape index (κ3) is 5.67. The van der Waals surface area contributed by atoms with Crippen molar-refractivity contribution in [3.63, 3.8) is 0 Å². The maximum absolute atomic E-state index is 14.1. The molecule has 0 spiro atoms. The van der Waals surface area contributed by atoms with Crippen LogP contribution >= 0.6 is 11.8 Å². The van der Waals surface area contributed by atoms with Gasteiger partial charge in [-0.15, -0.1) is 5.10 Å². The zero-order valence-corrected chi connectivity index (χ0v) is 21.1. The Balaban J connectivity index is 1.71. The monoisotopic (exact) mass is 496 g/mol. The van der Waals surface area contributed by atoms with Gasteiger partial charge in [0, 0.05) is 11.4 Å². The molecular weight excluding hydrogens is 467 g/mol. The van der Waals surface area contributed by atoms with E-state index in [4.69, 9.17) is 14.6 Å². The molecule has 0 saturated carbocycles. The first-order valence-electron chi connectivity index (χ1n) is 11.6. The summed E-state index contributed by atoms with van der Waals surface area (Å²) < 4.78 is 27.2. The molecule has 0 fully saturated rings. The van der Waals surface area contributed by atoms with E-state index in [1.807, 2.05) is 52.0 Å². The Morgan fingerprint density at radius 3 is 2.77 bits per heavy atom. The quantitative estimate of drug-likeness (QED) is 0.299. The number of aromatic nitrogens is 3. The Bertz CT molecular complexity index is 1240. The van der Waals surface area contributed by atoms with Crippen molar-refractivity contribution in [2.75, 3.05) is 11.9 Å². The van der Waals surface area contributed by atoms with Crippen molar-refractivity contribution < 1.29 is 18.7 Å². The highest BCUT2D eigenvalue weighted by Crippen LogP contribution is 2.38. The second-order valence-corrected chi connectivity index (χ2v) is 9.43. The molecule has 4 rings (SSSR count). The molecule has 1 aromatic heterocycles. The van der Waals surface area contributed by atoms with Gasteiger partial charge in [-0.3, -0.25) is 0 Å². The molecule has 0 bridgehead atoms. The van der Waals surface area contributed by atoms with E-state index in [-0.39, 0.29) is 11.9 Å². The van der Waals surface area contributed by atoms with Crippen LogP contribution in [0.5, 0.6) is 5.75 Å². The van der Waals surface area contributed by atoms with Crippen molar-refractivity contribution in [1.82, 2.24) is 14.8 Å². The van der Waals surface area contributed by atoms with Gasteiger partial charge in [-0.1, -0.05) is 49.0 Å². The molecule has 1 aliphatic rings. The number of benzene rings is 2. The van der Waals surface area contributed by atoms with Crippen LogP contribution in [-0.4, -0.2) is 33.4 Å². The molecule has 1 atom stereocenters. The van der Waals surface area contributed by atoms with Crippen molar-refractivity contribution in [3.05, 3.63) is 76.7 Å². The van der Waals surface area contributed by atoms with E-state index in [1.54, 1.807) is 22.9 Å². The lowest BCUT2D eigenvalue weighted by Crippen LogP contribution is -2.29. The molecule has 0 radical (unpaired) electrons. The van der Waals surface area contributed by atoms with Crippen molar-refractivity contribution in [2.45, 2.75) is 57.2 Å². The first kappa shape index (κ1) is 24.8. The number of allylic oxidation sites excluding steroid dienone is 1. The number of fused-ring (bicyclic) bond motifs is 1. The molecule has 2 aromatic carbocycles. The Kier molecular flexibility index (Phi) is 7.75. The third-order valence-electron chi connectivity index (χ3n) is 5.35. The first-order chi connectivity index (χ1) is 16.9. The van der Waals surface area contributed by atoms with E-state index in [2.05, 4.69) is 10.3 Å². The topological polar surface area (TPSA) is 78.3 Å². The van der Waals surface area contributed by atoms with Crippen LogP contribution in [0.4, 0.5) is 10.3 Å². The van der Waals surface area contributed by atoms with Gasteiger partial charge in [-0.2, -0.15) is 4.98 Å². The Morgan fingerprint density at radius 2 is 2.03 bits per heavy atom. The summed E-state index contributed by atoms with van der Waals surface area (Å²) in [6, 6.07) is 13.7. The third-order valence-corrected chi connectivity index (χ3v) is 6.24. The Hall–Kier alpha value is -3.33. The van der Waals surface area contributed by atoms with E-state index < -0.39 is 12.0 Å². The van der Waals surface area contributed by atoms with E-state index in [0.717, 1.165) is 12.0 Å². The van der Waals surface area contributed by atoms with Gasteiger partial charge >= 0.3 is 5.97 Å². The molecule has 9 heteroatoms. The standard InChI is InChI=1S/C26H29FN4O3S/c1-5-13-33-24(32)22-17(4)28-25-29-26(35-15-19-9-6-7-12-21(19)27)30-31(25)23(22)18-10-8-11-20(14-18)34-16(2)3/h6-12,14,16,23H,5,13,15H2,1-4H3,(H,28,29,30). The molecule has 7 nitrogen and oxygen atoms in total. The SMILES string of the molecule is CCCOC(=O)C1=C(C)Nc2nc(SCc3ccccc3F)nn2C1c1cccc(OC(C)C)c1. The maximum Gasteiger partial charge on any atom is 0.338 e. The van der Waals surface area contributed by atoms with Crippen LogP contribution in [0.25, 0.3) is 0 Å². The lowest BCUT2D eigenvalue weighted by molar-refractivity contribution is -0.139. The molecule has 184 valence electrons. The molecule has 0 saturated heterocycles. The normalized spacial score (nSPS) is 15.1. The summed E-state index contributed by atoms with van der Waals surface area (Å²) in [7, 11) is 0. The fourth-order valence-electron chi connectivity index (χ4n) is 3.83. The number of halogens is 1. The number of anilines is 1. The smallest absolute Gasteiger partial charge is 0.338 e. The highest BCUT2D eigenvalue weighted by atomic mass is 32.2. The van der Waals surface area contributed by atoms with Gasteiger partial charge in [0.2, 0.25) is 11.1 Å². The van der Waals surface area contributed by atoms with Gasteiger partial charge in [0.1, 0.15) is 17.6 Å². The number of nitrogens with zero attached hydrogens (tertiary/aromatic N) is 3. The van der Waals surface area contributed by atoms with Gasteiger partial charge in [-0.05, 0) is 56.5 Å². The van der Waals surface area contributed by atoms with E-state index in [1.165, 1.54) is 17.8 Å². The molecule has 1 aliphatic heterocycles. The molecule has 1 N–H and O–H groups in total. The van der Waals surface area contributed by atoms with E-state index in [0.29, 0.717) is 46.0 Å². The van der Waals surface area contributed by atoms with Crippen LogP contribution in [0.2, 0.25) is 0 Å². The number of carbonyl (C=O) groups excluding carboxylic acids is 1. The van der Waals surface area contributed by atoms with Gasteiger partial charge in [0.05, 0.1) is 18.3 Å². The minimum absolute atomic E-state index is 0.00727. The number of ether oxygens (including phenoxy) is 2. The highest BCUT2D eigenvalue weighted by molar-refractivity contribution is 7.98. The number of thioether (sulfide) groups is 1. The summed E-state index contributed by atoms with van der Waals surface area (Å²) in [4.78, 5) is 17.7. The zero-order valence-electron chi connectivity index (χ0n) is 20.2. The number of carbonyl (C=O) groups is 1.